The van der Waals surface area contributed by atoms with Gasteiger partial charge in [-0.15, -0.1) is 5.10 Å². The van der Waals surface area contributed by atoms with Crippen molar-refractivity contribution in [3.8, 4) is 5.75 Å². The Balaban J connectivity index is 2.19. The number of benzene rings is 1. The minimum Gasteiger partial charge on any atom is -0.497 e. The Bertz CT molecular complexity index is 520. The fourth-order valence-electron chi connectivity index (χ4n) is 1.94. The summed E-state index contributed by atoms with van der Waals surface area (Å²) < 4.78 is 7.55. The number of halogens is 1. The Hall–Kier alpha value is -1.44. The fraction of sp³-hybridized carbons (Fsp3) is 0.333. The summed E-state index contributed by atoms with van der Waals surface area (Å²) in [5, 5.41) is 7.93. The monoisotopic (exact) mass is 325 g/mol. The lowest BCUT2D eigenvalue weighted by molar-refractivity contribution is 0.414. The number of hydrogen-bond donors (Lipinski definition) is 2. The van der Waals surface area contributed by atoms with Crippen LogP contribution in [0.2, 0.25) is 0 Å². The molecule has 1 atom stereocenters. The predicted molar refractivity (Wildman–Crippen MR) is 75.5 cm³/mol. The molecule has 3 N–H and O–H groups in total. The Morgan fingerprint density at radius 2 is 2.11 bits per heavy atom. The molecule has 1 aromatic carbocycles. The normalized spacial score (nSPS) is 12.4. The molecule has 0 fully saturated rings. The second-order valence-corrected chi connectivity index (χ2v) is 4.91. The number of rotatable bonds is 5. The van der Waals surface area contributed by atoms with Crippen molar-refractivity contribution in [2.45, 2.75) is 12.5 Å². The largest absolute Gasteiger partial charge is 0.497 e. The molecule has 1 heterocycles. The summed E-state index contributed by atoms with van der Waals surface area (Å²) in [7, 11) is 3.49. The number of ether oxygens (including phenoxy) is 1. The number of nitrogens with two attached hydrogens (primary N) is 1. The lowest BCUT2D eigenvalue weighted by Crippen LogP contribution is -2.31. The van der Waals surface area contributed by atoms with Gasteiger partial charge in [0.15, 0.2) is 4.60 Å². The van der Waals surface area contributed by atoms with Gasteiger partial charge in [0.25, 0.3) is 0 Å². The van der Waals surface area contributed by atoms with E-state index in [2.05, 4.69) is 31.7 Å². The molecule has 0 aliphatic carbocycles. The summed E-state index contributed by atoms with van der Waals surface area (Å²) in [6.45, 7) is 0. The molecule has 1 aromatic heterocycles. The van der Waals surface area contributed by atoms with Crippen LogP contribution in [0.25, 0.3) is 0 Å². The number of aryl methyl sites for hydroxylation is 1. The van der Waals surface area contributed by atoms with E-state index in [0.717, 1.165) is 23.4 Å². The number of aromatic nitrogens is 3. The van der Waals surface area contributed by atoms with Crippen molar-refractivity contribution in [2.75, 3.05) is 7.11 Å². The molecule has 0 spiro atoms. The highest BCUT2D eigenvalue weighted by Gasteiger charge is 2.19. The lowest BCUT2D eigenvalue weighted by Gasteiger charge is -2.16. The van der Waals surface area contributed by atoms with Crippen molar-refractivity contribution < 1.29 is 4.74 Å². The molecule has 102 valence electrons. The third kappa shape index (κ3) is 3.12. The molecule has 0 amide bonds. The predicted octanol–water partition coefficient (Wildman–Crippen LogP) is 1.33. The van der Waals surface area contributed by atoms with Crippen molar-refractivity contribution in [1.29, 1.82) is 0 Å². The summed E-state index contributed by atoms with van der Waals surface area (Å²) in [5.41, 5.74) is 4.87. The van der Waals surface area contributed by atoms with Crippen LogP contribution < -0.4 is 16.0 Å². The van der Waals surface area contributed by atoms with E-state index in [0.29, 0.717) is 4.60 Å². The van der Waals surface area contributed by atoms with E-state index < -0.39 is 0 Å². The second kappa shape index (κ2) is 6.14. The molecule has 0 aliphatic heterocycles. The molecule has 0 saturated carbocycles. The maximum atomic E-state index is 5.64. The van der Waals surface area contributed by atoms with Crippen LogP contribution in [0.15, 0.2) is 28.9 Å². The maximum absolute atomic E-state index is 5.64. The van der Waals surface area contributed by atoms with Crippen LogP contribution in [0, 0.1) is 0 Å². The second-order valence-electron chi connectivity index (χ2n) is 4.16. The molecule has 19 heavy (non-hydrogen) atoms. The fourth-order valence-corrected chi connectivity index (χ4v) is 2.54. The van der Waals surface area contributed by atoms with Crippen molar-refractivity contribution in [3.05, 3.63) is 40.1 Å². The summed E-state index contributed by atoms with van der Waals surface area (Å²) in [5.74, 6) is 6.48. The average molecular weight is 326 g/mol. The zero-order chi connectivity index (χ0) is 13.8. The Kier molecular flexibility index (Phi) is 4.52. The van der Waals surface area contributed by atoms with Crippen LogP contribution in [0.4, 0.5) is 0 Å². The van der Waals surface area contributed by atoms with Gasteiger partial charge in [0, 0.05) is 7.05 Å². The molecule has 2 aromatic rings. The SMILES string of the molecule is COc1ccc(CC(NN)c2c(Br)nnn2C)cc1. The van der Waals surface area contributed by atoms with Crippen molar-refractivity contribution in [3.63, 3.8) is 0 Å². The molecule has 7 heteroatoms. The van der Waals surface area contributed by atoms with Gasteiger partial charge in [0.05, 0.1) is 18.8 Å². The van der Waals surface area contributed by atoms with E-state index in [1.807, 2.05) is 31.3 Å². The first-order valence-electron chi connectivity index (χ1n) is 5.79. The van der Waals surface area contributed by atoms with Crippen LogP contribution in [-0.2, 0) is 13.5 Å². The van der Waals surface area contributed by atoms with Crippen LogP contribution in [-0.4, -0.2) is 22.1 Å². The summed E-state index contributed by atoms with van der Waals surface area (Å²) in [4.78, 5) is 0. The Morgan fingerprint density at radius 3 is 2.58 bits per heavy atom. The highest BCUT2D eigenvalue weighted by atomic mass is 79.9. The van der Waals surface area contributed by atoms with E-state index in [1.54, 1.807) is 11.8 Å². The lowest BCUT2D eigenvalue weighted by atomic mass is 10.0. The quantitative estimate of drug-likeness (QED) is 0.640. The Labute approximate surface area is 120 Å². The number of nitrogens with one attached hydrogen (secondary N) is 1. The average Bonchev–Trinajstić information content (AvgIpc) is 2.76. The first kappa shape index (κ1) is 14.0. The zero-order valence-corrected chi connectivity index (χ0v) is 12.4. The van der Waals surface area contributed by atoms with E-state index in [9.17, 15) is 0 Å². The molecular weight excluding hydrogens is 310 g/mol. The van der Waals surface area contributed by atoms with Gasteiger partial charge in [0.2, 0.25) is 0 Å². The highest BCUT2D eigenvalue weighted by molar-refractivity contribution is 9.10. The van der Waals surface area contributed by atoms with Crippen molar-refractivity contribution in [1.82, 2.24) is 20.4 Å². The third-order valence-corrected chi connectivity index (χ3v) is 3.52. The number of hydrogen-bond acceptors (Lipinski definition) is 5. The molecular formula is C12H16BrN5O. The van der Waals surface area contributed by atoms with Crippen LogP contribution >= 0.6 is 15.9 Å². The molecule has 1 unspecified atom stereocenters. The van der Waals surface area contributed by atoms with Gasteiger partial charge in [-0.05, 0) is 40.0 Å². The number of hydrazine groups is 1. The van der Waals surface area contributed by atoms with Crippen molar-refractivity contribution in [2.24, 2.45) is 12.9 Å². The first-order valence-corrected chi connectivity index (χ1v) is 6.59. The zero-order valence-electron chi connectivity index (χ0n) is 10.8. The minimum absolute atomic E-state index is 0.0669. The van der Waals surface area contributed by atoms with E-state index in [1.165, 1.54) is 0 Å². The van der Waals surface area contributed by atoms with Gasteiger partial charge in [0.1, 0.15) is 5.75 Å². The standard InChI is InChI=1S/C12H16BrN5O/c1-18-11(12(13)16-17-18)10(15-14)7-8-3-5-9(19-2)6-4-8/h3-6,10,15H,7,14H2,1-2H3. The van der Waals surface area contributed by atoms with Gasteiger partial charge in [-0.25, -0.2) is 4.68 Å². The third-order valence-electron chi connectivity index (χ3n) is 2.96. The van der Waals surface area contributed by atoms with Gasteiger partial charge in [-0.1, -0.05) is 17.3 Å². The van der Waals surface area contributed by atoms with E-state index in [4.69, 9.17) is 10.6 Å². The maximum Gasteiger partial charge on any atom is 0.153 e. The summed E-state index contributed by atoms with van der Waals surface area (Å²) >= 11 is 3.38. The minimum atomic E-state index is -0.0669. The van der Waals surface area contributed by atoms with E-state index in [-0.39, 0.29) is 6.04 Å². The van der Waals surface area contributed by atoms with E-state index >= 15 is 0 Å². The highest BCUT2D eigenvalue weighted by Crippen LogP contribution is 2.24. The first-order chi connectivity index (χ1) is 9.15. The molecule has 2 rings (SSSR count). The molecule has 0 saturated heterocycles. The summed E-state index contributed by atoms with van der Waals surface area (Å²) in [6.07, 6.45) is 0.736. The van der Waals surface area contributed by atoms with Crippen LogP contribution in [0.1, 0.15) is 17.3 Å². The summed E-state index contributed by atoms with van der Waals surface area (Å²) in [6, 6.07) is 7.82. The van der Waals surface area contributed by atoms with Gasteiger partial charge in [-0.3, -0.25) is 11.3 Å². The van der Waals surface area contributed by atoms with Gasteiger partial charge < -0.3 is 4.74 Å². The van der Waals surface area contributed by atoms with Crippen LogP contribution in [0.5, 0.6) is 5.75 Å². The molecule has 6 nitrogen and oxygen atoms in total. The number of methoxy groups -OCH3 is 1. The van der Waals surface area contributed by atoms with Crippen LogP contribution in [0.3, 0.4) is 0 Å². The van der Waals surface area contributed by atoms with Crippen molar-refractivity contribution >= 4 is 15.9 Å². The molecule has 0 aliphatic rings. The molecule has 0 radical (unpaired) electrons. The number of nitrogens with zero attached hydrogens (tertiary/aromatic N) is 3. The molecule has 0 bridgehead atoms. The Morgan fingerprint density at radius 1 is 1.42 bits per heavy atom. The topological polar surface area (TPSA) is 78.0 Å². The van der Waals surface area contributed by atoms with Gasteiger partial charge >= 0.3 is 0 Å². The smallest absolute Gasteiger partial charge is 0.153 e. The van der Waals surface area contributed by atoms with Gasteiger partial charge in [-0.2, -0.15) is 0 Å².